The van der Waals surface area contributed by atoms with E-state index in [4.69, 9.17) is 5.11 Å². The fourth-order valence-electron chi connectivity index (χ4n) is 3.18. The molecule has 1 amide bonds. The van der Waals surface area contributed by atoms with E-state index in [0.29, 0.717) is 22.6 Å². The molecule has 0 spiro atoms. The third kappa shape index (κ3) is 5.18. The summed E-state index contributed by atoms with van der Waals surface area (Å²) in [7, 11) is 0. The molecule has 0 saturated carbocycles. The third-order valence-corrected chi connectivity index (χ3v) is 4.84. The van der Waals surface area contributed by atoms with Crippen LogP contribution in [0.3, 0.4) is 0 Å². The van der Waals surface area contributed by atoms with Crippen molar-refractivity contribution in [1.82, 2.24) is 29.4 Å². The number of nitrogens with zero attached hydrogens (tertiary/aromatic N) is 4. The van der Waals surface area contributed by atoms with Gasteiger partial charge in [0.1, 0.15) is 17.0 Å². The molecule has 0 aliphatic carbocycles. The number of imidazole rings is 1. The first-order chi connectivity index (χ1) is 15.7. The van der Waals surface area contributed by atoms with Crippen LogP contribution in [0.15, 0.2) is 59.8 Å². The maximum atomic E-state index is 12.5. The Morgan fingerprint density at radius 2 is 1.91 bits per heavy atom. The van der Waals surface area contributed by atoms with Crippen molar-refractivity contribution < 1.29 is 23.1 Å². The Morgan fingerprint density at radius 3 is 2.70 bits per heavy atom. The Bertz CT molecular complexity index is 1360. The number of hydrogen-bond acceptors (Lipinski definition) is 6. The molecule has 1 atom stereocenters. The molecule has 4 aromatic rings. The van der Waals surface area contributed by atoms with Crippen molar-refractivity contribution in [3.05, 3.63) is 82.3 Å². The number of pyridine rings is 2. The van der Waals surface area contributed by atoms with Crippen LogP contribution in [0, 0.1) is 0 Å². The average Bonchev–Trinajstić information content (AvgIpc) is 3.19. The number of alkyl halides is 3. The number of carbonyl (C=O) groups is 1. The molecule has 4 rings (SSSR count). The molecular formula is C21H19F3N6O3. The van der Waals surface area contributed by atoms with Crippen molar-refractivity contribution in [2.45, 2.75) is 25.4 Å². The molecule has 0 aliphatic heterocycles. The maximum Gasteiger partial charge on any atom is 0.415 e. The van der Waals surface area contributed by atoms with Crippen molar-refractivity contribution in [2.75, 3.05) is 6.54 Å². The Hall–Kier alpha value is -3.77. The second-order valence-electron chi connectivity index (χ2n) is 7.31. The van der Waals surface area contributed by atoms with Gasteiger partial charge < -0.3 is 20.1 Å². The van der Waals surface area contributed by atoms with E-state index in [1.165, 1.54) is 4.40 Å². The highest BCUT2D eigenvalue weighted by Crippen LogP contribution is 2.19. The van der Waals surface area contributed by atoms with Gasteiger partial charge in [0.05, 0.1) is 12.2 Å². The lowest BCUT2D eigenvalue weighted by atomic mass is 10.2. The molecule has 12 heteroatoms. The molecule has 0 saturated heterocycles. The summed E-state index contributed by atoms with van der Waals surface area (Å²) in [4.78, 5) is 33.2. The zero-order valence-corrected chi connectivity index (χ0v) is 17.1. The van der Waals surface area contributed by atoms with E-state index >= 15 is 0 Å². The summed E-state index contributed by atoms with van der Waals surface area (Å²) in [5.41, 5.74) is 1.78. The van der Waals surface area contributed by atoms with Crippen LogP contribution < -0.4 is 16.2 Å². The van der Waals surface area contributed by atoms with Crippen molar-refractivity contribution in [2.24, 2.45) is 0 Å². The largest absolute Gasteiger partial charge is 0.415 e. The highest BCUT2D eigenvalue weighted by molar-refractivity contribution is 5.92. The first kappa shape index (κ1) is 22.4. The highest BCUT2D eigenvalue weighted by atomic mass is 19.4. The molecule has 0 aliphatic rings. The van der Waals surface area contributed by atoms with Crippen LogP contribution in [-0.2, 0) is 13.1 Å². The van der Waals surface area contributed by atoms with E-state index in [0.717, 1.165) is 6.07 Å². The van der Waals surface area contributed by atoms with E-state index in [1.54, 1.807) is 53.3 Å². The number of rotatable bonds is 7. The summed E-state index contributed by atoms with van der Waals surface area (Å²) in [6.45, 7) is -0.409. The van der Waals surface area contributed by atoms with E-state index in [1.807, 2.05) is 0 Å². The van der Waals surface area contributed by atoms with Gasteiger partial charge >= 0.3 is 6.18 Å². The second-order valence-corrected chi connectivity index (χ2v) is 7.31. The highest BCUT2D eigenvalue weighted by Gasteiger charge is 2.37. The summed E-state index contributed by atoms with van der Waals surface area (Å²) in [6.07, 6.45) is -2.18. The van der Waals surface area contributed by atoms with Gasteiger partial charge in [-0.2, -0.15) is 13.2 Å². The summed E-state index contributed by atoms with van der Waals surface area (Å²) in [5.74, 6) is -0.524. The Morgan fingerprint density at radius 1 is 1.09 bits per heavy atom. The minimum absolute atomic E-state index is 0.00984. The number of halogens is 3. The lowest BCUT2D eigenvalue weighted by molar-refractivity contribution is -0.201. The number of aliphatic hydroxyl groups excluding tert-OH is 1. The standard InChI is InChI=1S/C21H19F3N6O3/c22-21(23,24)16(31)10-25-8-13-4-5-17-27-14(12-29(17)11-13)9-26-20(33)15-7-19(32)30-6-2-1-3-18(30)28-15/h1-7,11-12,16,25,31H,8-10H2,(H,26,33)/t16-/m0/s1. The van der Waals surface area contributed by atoms with Gasteiger partial charge in [0.25, 0.3) is 11.5 Å². The molecule has 0 bridgehead atoms. The van der Waals surface area contributed by atoms with Gasteiger partial charge in [-0.3, -0.25) is 14.0 Å². The van der Waals surface area contributed by atoms with E-state index in [9.17, 15) is 22.8 Å². The van der Waals surface area contributed by atoms with Crippen LogP contribution in [0.2, 0.25) is 0 Å². The van der Waals surface area contributed by atoms with Crippen LogP contribution in [0.4, 0.5) is 13.2 Å². The van der Waals surface area contributed by atoms with Crippen molar-refractivity contribution in [3.8, 4) is 0 Å². The number of fused-ring (bicyclic) bond motifs is 2. The summed E-state index contributed by atoms with van der Waals surface area (Å²) in [5, 5.41) is 14.3. The monoisotopic (exact) mass is 460 g/mol. The van der Waals surface area contributed by atoms with Gasteiger partial charge in [-0.15, -0.1) is 0 Å². The third-order valence-electron chi connectivity index (χ3n) is 4.84. The molecule has 0 aromatic carbocycles. The van der Waals surface area contributed by atoms with Crippen molar-refractivity contribution >= 4 is 17.2 Å². The van der Waals surface area contributed by atoms with Crippen LogP contribution in [-0.4, -0.2) is 48.6 Å². The minimum Gasteiger partial charge on any atom is -0.382 e. The zero-order valence-electron chi connectivity index (χ0n) is 17.1. The number of aromatic nitrogens is 4. The molecule has 172 valence electrons. The molecule has 4 aromatic heterocycles. The van der Waals surface area contributed by atoms with Gasteiger partial charge in [0, 0.05) is 37.7 Å². The minimum atomic E-state index is -4.67. The smallest absolute Gasteiger partial charge is 0.382 e. The van der Waals surface area contributed by atoms with Crippen LogP contribution >= 0.6 is 0 Å². The average molecular weight is 460 g/mol. The van der Waals surface area contributed by atoms with E-state index in [2.05, 4.69) is 20.6 Å². The first-order valence-electron chi connectivity index (χ1n) is 9.89. The lowest BCUT2D eigenvalue weighted by Gasteiger charge is -2.15. The Balaban J connectivity index is 1.39. The maximum absolute atomic E-state index is 12.5. The molecule has 33 heavy (non-hydrogen) atoms. The summed E-state index contributed by atoms with van der Waals surface area (Å²) < 4.78 is 40.1. The fourth-order valence-corrected chi connectivity index (χ4v) is 3.18. The normalized spacial score (nSPS) is 12.8. The fraction of sp³-hybridized carbons (Fsp3) is 0.238. The number of nitrogens with one attached hydrogen (secondary N) is 2. The van der Waals surface area contributed by atoms with E-state index < -0.39 is 24.7 Å². The lowest BCUT2D eigenvalue weighted by Crippen LogP contribution is -2.38. The van der Waals surface area contributed by atoms with Crippen molar-refractivity contribution in [1.29, 1.82) is 0 Å². The molecule has 9 nitrogen and oxygen atoms in total. The van der Waals surface area contributed by atoms with Gasteiger partial charge in [-0.05, 0) is 23.8 Å². The molecular weight excluding hydrogens is 441 g/mol. The van der Waals surface area contributed by atoms with Crippen LogP contribution in [0.1, 0.15) is 21.7 Å². The van der Waals surface area contributed by atoms with Crippen molar-refractivity contribution in [3.63, 3.8) is 0 Å². The van der Waals surface area contributed by atoms with Crippen LogP contribution in [0.5, 0.6) is 0 Å². The first-order valence-corrected chi connectivity index (χ1v) is 9.89. The summed E-state index contributed by atoms with van der Waals surface area (Å²) in [6, 6.07) is 9.56. The number of amides is 1. The quantitative estimate of drug-likeness (QED) is 0.383. The number of aliphatic hydroxyl groups is 1. The predicted molar refractivity (Wildman–Crippen MR) is 112 cm³/mol. The Labute approximate surface area is 184 Å². The molecule has 3 N–H and O–H groups in total. The summed E-state index contributed by atoms with van der Waals surface area (Å²) >= 11 is 0. The number of carbonyl (C=O) groups excluding carboxylic acids is 1. The predicted octanol–water partition coefficient (Wildman–Crippen LogP) is 1.28. The van der Waals surface area contributed by atoms with Gasteiger partial charge in [-0.25, -0.2) is 9.97 Å². The molecule has 4 heterocycles. The van der Waals surface area contributed by atoms with Gasteiger partial charge in [-0.1, -0.05) is 12.1 Å². The topological polar surface area (TPSA) is 113 Å². The molecule has 0 fully saturated rings. The van der Waals surface area contributed by atoms with E-state index in [-0.39, 0.29) is 24.3 Å². The Kier molecular flexibility index (Phi) is 6.11. The molecule has 0 radical (unpaired) electrons. The second kappa shape index (κ2) is 9.00. The van der Waals surface area contributed by atoms with Crippen LogP contribution in [0.25, 0.3) is 11.3 Å². The SMILES string of the molecule is O=C(NCc1cn2cc(CNC[C@H](O)C(F)(F)F)ccc2n1)c1cc(=O)n2ccccc2n1. The van der Waals surface area contributed by atoms with Gasteiger partial charge in [0.2, 0.25) is 0 Å². The van der Waals surface area contributed by atoms with Gasteiger partial charge in [0.15, 0.2) is 6.10 Å². The molecule has 0 unspecified atom stereocenters. The zero-order chi connectivity index (χ0) is 23.6. The number of hydrogen-bond donors (Lipinski definition) is 3.